The van der Waals surface area contributed by atoms with Crippen LogP contribution in [0.1, 0.15) is 19.3 Å². The van der Waals surface area contributed by atoms with Crippen molar-refractivity contribution in [3.05, 3.63) is 0 Å². The molecule has 0 aliphatic carbocycles. The number of carbonyl (C=O) groups excluding carboxylic acids is 1. The molecule has 98 valence electrons. The average Bonchev–Trinajstić information content (AvgIpc) is 2.76. The number of aliphatic hydroxyl groups is 1. The van der Waals surface area contributed by atoms with Gasteiger partial charge in [0.1, 0.15) is 6.10 Å². The monoisotopic (exact) mass is 242 g/mol. The van der Waals surface area contributed by atoms with Gasteiger partial charge in [-0.3, -0.25) is 9.69 Å². The molecule has 1 unspecified atom stereocenters. The summed E-state index contributed by atoms with van der Waals surface area (Å²) in [4.78, 5) is 16.3. The molecule has 5 nitrogen and oxygen atoms in total. The van der Waals surface area contributed by atoms with E-state index in [1.54, 1.807) is 0 Å². The summed E-state index contributed by atoms with van der Waals surface area (Å²) in [6, 6.07) is 0. The summed E-state index contributed by atoms with van der Waals surface area (Å²) in [7, 11) is 0. The molecule has 2 aliphatic rings. The third-order valence-electron chi connectivity index (χ3n) is 3.52. The van der Waals surface area contributed by atoms with Gasteiger partial charge in [-0.15, -0.1) is 0 Å². The number of nitrogens with zero attached hydrogens (tertiary/aromatic N) is 2. The fourth-order valence-electron chi connectivity index (χ4n) is 2.53. The summed E-state index contributed by atoms with van der Waals surface area (Å²) < 4.78 is 5.44. The van der Waals surface area contributed by atoms with Crippen LogP contribution < -0.4 is 0 Å². The van der Waals surface area contributed by atoms with Gasteiger partial charge in [-0.25, -0.2) is 0 Å². The van der Waals surface area contributed by atoms with Gasteiger partial charge in [-0.05, 0) is 25.8 Å². The molecule has 2 saturated heterocycles. The Morgan fingerprint density at radius 3 is 2.82 bits per heavy atom. The predicted molar refractivity (Wildman–Crippen MR) is 63.7 cm³/mol. The van der Waals surface area contributed by atoms with E-state index in [0.717, 1.165) is 52.0 Å². The van der Waals surface area contributed by atoms with E-state index in [-0.39, 0.29) is 18.6 Å². The number of hydrogen-bond acceptors (Lipinski definition) is 4. The second-order valence-electron chi connectivity index (χ2n) is 4.75. The first-order valence-corrected chi connectivity index (χ1v) is 6.55. The Labute approximate surface area is 102 Å². The van der Waals surface area contributed by atoms with Crippen molar-refractivity contribution in [3.63, 3.8) is 0 Å². The highest BCUT2D eigenvalue weighted by molar-refractivity contribution is 5.81. The Morgan fingerprint density at radius 1 is 1.24 bits per heavy atom. The summed E-state index contributed by atoms with van der Waals surface area (Å²) in [5.41, 5.74) is 0. The number of rotatable bonds is 3. The van der Waals surface area contributed by atoms with Gasteiger partial charge >= 0.3 is 0 Å². The minimum atomic E-state index is -0.195. The van der Waals surface area contributed by atoms with Gasteiger partial charge in [-0.1, -0.05) is 0 Å². The van der Waals surface area contributed by atoms with Crippen LogP contribution in [0.25, 0.3) is 0 Å². The van der Waals surface area contributed by atoms with Crippen molar-refractivity contribution in [2.45, 2.75) is 25.4 Å². The van der Waals surface area contributed by atoms with Crippen molar-refractivity contribution in [2.24, 2.45) is 0 Å². The molecule has 1 atom stereocenters. The van der Waals surface area contributed by atoms with Crippen LogP contribution in [-0.2, 0) is 9.53 Å². The Bertz CT molecular complexity index is 254. The highest BCUT2D eigenvalue weighted by Crippen LogP contribution is 2.15. The predicted octanol–water partition coefficient (Wildman–Crippen LogP) is -0.308. The maximum atomic E-state index is 12.2. The van der Waals surface area contributed by atoms with E-state index in [9.17, 15) is 4.79 Å². The fraction of sp³-hybridized carbons (Fsp3) is 0.917. The van der Waals surface area contributed by atoms with E-state index in [0.29, 0.717) is 6.54 Å². The van der Waals surface area contributed by atoms with Crippen LogP contribution in [0.15, 0.2) is 0 Å². The van der Waals surface area contributed by atoms with Gasteiger partial charge in [0.25, 0.3) is 5.91 Å². The van der Waals surface area contributed by atoms with Crippen LogP contribution in [0.3, 0.4) is 0 Å². The molecule has 2 heterocycles. The summed E-state index contributed by atoms with van der Waals surface area (Å²) >= 11 is 0. The molecule has 17 heavy (non-hydrogen) atoms. The first-order valence-electron chi connectivity index (χ1n) is 6.55. The minimum absolute atomic E-state index is 0.161. The zero-order valence-electron chi connectivity index (χ0n) is 10.3. The first kappa shape index (κ1) is 12.8. The van der Waals surface area contributed by atoms with E-state index >= 15 is 0 Å². The van der Waals surface area contributed by atoms with Crippen LogP contribution in [0.2, 0.25) is 0 Å². The van der Waals surface area contributed by atoms with E-state index in [4.69, 9.17) is 9.84 Å². The van der Waals surface area contributed by atoms with Gasteiger partial charge in [-0.2, -0.15) is 0 Å². The van der Waals surface area contributed by atoms with Crippen molar-refractivity contribution < 1.29 is 14.6 Å². The van der Waals surface area contributed by atoms with Crippen molar-refractivity contribution in [1.82, 2.24) is 9.80 Å². The quantitative estimate of drug-likeness (QED) is 0.738. The molecule has 0 spiro atoms. The van der Waals surface area contributed by atoms with Crippen molar-refractivity contribution in [1.29, 1.82) is 0 Å². The normalized spacial score (nSPS) is 27.1. The lowest BCUT2D eigenvalue weighted by Gasteiger charge is -2.23. The van der Waals surface area contributed by atoms with Crippen molar-refractivity contribution >= 4 is 5.91 Å². The molecule has 2 aliphatic heterocycles. The lowest BCUT2D eigenvalue weighted by Crippen LogP contribution is -2.41. The zero-order valence-corrected chi connectivity index (χ0v) is 10.3. The Hall–Kier alpha value is -0.650. The lowest BCUT2D eigenvalue weighted by molar-refractivity contribution is -0.140. The molecule has 0 saturated carbocycles. The van der Waals surface area contributed by atoms with E-state index < -0.39 is 0 Å². The van der Waals surface area contributed by atoms with Crippen LogP contribution in [0.5, 0.6) is 0 Å². The zero-order chi connectivity index (χ0) is 12.1. The second kappa shape index (κ2) is 6.33. The standard InChI is InChI=1S/C12H22N2O3/c15-9-8-13-4-2-5-14(7-6-13)12(16)11-3-1-10-17-11/h11,15H,1-10H2. The average molecular weight is 242 g/mol. The Kier molecular flexibility index (Phi) is 4.76. The molecular formula is C12H22N2O3. The summed E-state index contributed by atoms with van der Waals surface area (Å²) in [5.74, 6) is 0.161. The Balaban J connectivity index is 1.83. The third kappa shape index (κ3) is 3.40. The van der Waals surface area contributed by atoms with E-state index in [2.05, 4.69) is 4.90 Å². The van der Waals surface area contributed by atoms with E-state index in [1.807, 2.05) is 4.90 Å². The Morgan fingerprint density at radius 2 is 2.12 bits per heavy atom. The molecule has 0 aromatic rings. The third-order valence-corrected chi connectivity index (χ3v) is 3.52. The van der Waals surface area contributed by atoms with Crippen LogP contribution >= 0.6 is 0 Å². The number of β-amino-alcohol motifs (C(OH)–C–C–N with tert-alkyl or cyclic N) is 1. The summed E-state index contributed by atoms with van der Waals surface area (Å²) in [6.07, 6.45) is 2.66. The van der Waals surface area contributed by atoms with Crippen LogP contribution in [-0.4, -0.2) is 72.9 Å². The van der Waals surface area contributed by atoms with E-state index in [1.165, 1.54) is 0 Å². The van der Waals surface area contributed by atoms with Gasteiger partial charge in [0, 0.05) is 32.8 Å². The SMILES string of the molecule is O=C(C1CCCO1)N1CCCN(CCO)CC1. The minimum Gasteiger partial charge on any atom is -0.395 e. The molecule has 1 N–H and O–H groups in total. The maximum absolute atomic E-state index is 12.2. The molecule has 0 aromatic heterocycles. The number of aliphatic hydroxyl groups excluding tert-OH is 1. The number of carbonyl (C=O) groups is 1. The van der Waals surface area contributed by atoms with Gasteiger partial charge in [0.05, 0.1) is 6.61 Å². The number of ether oxygens (including phenoxy) is 1. The van der Waals surface area contributed by atoms with Crippen LogP contribution in [0.4, 0.5) is 0 Å². The highest BCUT2D eigenvalue weighted by Gasteiger charge is 2.29. The topological polar surface area (TPSA) is 53.0 Å². The summed E-state index contributed by atoms with van der Waals surface area (Å²) in [6.45, 7) is 5.04. The largest absolute Gasteiger partial charge is 0.395 e. The number of amides is 1. The molecular weight excluding hydrogens is 220 g/mol. The van der Waals surface area contributed by atoms with Gasteiger partial charge in [0.15, 0.2) is 0 Å². The van der Waals surface area contributed by atoms with Gasteiger partial charge < -0.3 is 14.7 Å². The number of hydrogen-bond donors (Lipinski definition) is 1. The molecule has 0 aromatic carbocycles. The highest BCUT2D eigenvalue weighted by atomic mass is 16.5. The molecule has 0 bridgehead atoms. The fourth-order valence-corrected chi connectivity index (χ4v) is 2.53. The molecule has 1 amide bonds. The smallest absolute Gasteiger partial charge is 0.251 e. The second-order valence-corrected chi connectivity index (χ2v) is 4.75. The van der Waals surface area contributed by atoms with Crippen LogP contribution in [0, 0.1) is 0 Å². The molecule has 5 heteroatoms. The maximum Gasteiger partial charge on any atom is 0.251 e. The summed E-state index contributed by atoms with van der Waals surface area (Å²) in [5, 5.41) is 8.92. The molecule has 2 rings (SSSR count). The van der Waals surface area contributed by atoms with Crippen molar-refractivity contribution in [3.8, 4) is 0 Å². The molecule has 2 fully saturated rings. The van der Waals surface area contributed by atoms with Crippen molar-refractivity contribution in [2.75, 3.05) is 45.9 Å². The lowest BCUT2D eigenvalue weighted by atomic mass is 10.2. The van der Waals surface area contributed by atoms with Gasteiger partial charge in [0.2, 0.25) is 0 Å². The first-order chi connectivity index (χ1) is 8.31. The molecule has 0 radical (unpaired) electrons.